The highest BCUT2D eigenvalue weighted by atomic mass is 19.1. The lowest BCUT2D eigenvalue weighted by atomic mass is 9.86. The summed E-state index contributed by atoms with van der Waals surface area (Å²) < 4.78 is 25.0. The summed E-state index contributed by atoms with van der Waals surface area (Å²) in [6, 6.07) is 5.06. The minimum Gasteiger partial charge on any atom is -0.484 e. The zero-order valence-electron chi connectivity index (χ0n) is 11.2. The lowest BCUT2D eigenvalue weighted by Crippen LogP contribution is -2.44. The van der Waals surface area contributed by atoms with E-state index in [0.29, 0.717) is 12.4 Å². The molecule has 1 saturated heterocycles. The van der Waals surface area contributed by atoms with Crippen LogP contribution in [0.15, 0.2) is 18.2 Å². The molecule has 19 heavy (non-hydrogen) atoms. The predicted molar refractivity (Wildman–Crippen MR) is 70.8 cm³/mol. The van der Waals surface area contributed by atoms with Crippen molar-refractivity contribution in [2.75, 3.05) is 19.8 Å². The average Bonchev–Trinajstić information content (AvgIpc) is 2.83. The highest BCUT2D eigenvalue weighted by Crippen LogP contribution is 2.43. The van der Waals surface area contributed by atoms with Gasteiger partial charge >= 0.3 is 0 Å². The summed E-state index contributed by atoms with van der Waals surface area (Å²) in [6.07, 6.45) is 2.86. The van der Waals surface area contributed by atoms with Crippen LogP contribution in [0.25, 0.3) is 0 Å². The number of benzene rings is 1. The summed E-state index contributed by atoms with van der Waals surface area (Å²) >= 11 is 0. The molecule has 1 fully saturated rings. The lowest BCUT2D eigenvalue weighted by Gasteiger charge is -2.39. The molecule has 3 rings (SSSR count). The van der Waals surface area contributed by atoms with Crippen LogP contribution in [-0.2, 0) is 4.74 Å². The number of nitrogens with one attached hydrogen (secondary N) is 1. The summed E-state index contributed by atoms with van der Waals surface area (Å²) in [7, 11) is 0. The molecule has 1 aromatic carbocycles. The zero-order chi connectivity index (χ0) is 13.3. The maximum Gasteiger partial charge on any atom is 0.136 e. The summed E-state index contributed by atoms with van der Waals surface area (Å²) in [4.78, 5) is 0. The van der Waals surface area contributed by atoms with Crippen molar-refractivity contribution in [3.63, 3.8) is 0 Å². The van der Waals surface area contributed by atoms with Gasteiger partial charge in [-0.15, -0.1) is 0 Å². The van der Waals surface area contributed by atoms with Crippen molar-refractivity contribution >= 4 is 0 Å². The van der Waals surface area contributed by atoms with Gasteiger partial charge in [-0.3, -0.25) is 0 Å². The first-order valence-electron chi connectivity index (χ1n) is 7.02. The molecule has 0 radical (unpaired) electrons. The van der Waals surface area contributed by atoms with Crippen molar-refractivity contribution < 1.29 is 13.9 Å². The molecule has 2 heterocycles. The molecular weight excluding hydrogens is 245 g/mol. The molecule has 2 aliphatic rings. The number of halogens is 1. The van der Waals surface area contributed by atoms with Crippen molar-refractivity contribution in [1.29, 1.82) is 0 Å². The Bertz CT molecular complexity index is 457. The Kier molecular flexibility index (Phi) is 3.46. The highest BCUT2D eigenvalue weighted by Gasteiger charge is 2.44. The Morgan fingerprint density at radius 1 is 1.47 bits per heavy atom. The molecule has 1 aromatic rings. The standard InChI is InChI=1S/C15H20FNO2/c1-2-6-17-13-9-15(5-7-18-10-15)19-14-8-11(16)3-4-12(13)14/h3-4,8,13,17H,2,5-7,9-10H2,1H3. The SMILES string of the molecule is CCCNC1CC2(CCOC2)Oc2cc(F)ccc21. The van der Waals surface area contributed by atoms with Crippen LogP contribution in [-0.4, -0.2) is 25.4 Å². The Morgan fingerprint density at radius 3 is 3.11 bits per heavy atom. The third-order valence-corrected chi connectivity index (χ3v) is 3.96. The maximum absolute atomic E-state index is 13.4. The van der Waals surface area contributed by atoms with Crippen LogP contribution in [0, 0.1) is 5.82 Å². The average molecular weight is 265 g/mol. The smallest absolute Gasteiger partial charge is 0.136 e. The fraction of sp³-hybridized carbons (Fsp3) is 0.600. The van der Waals surface area contributed by atoms with E-state index >= 15 is 0 Å². The topological polar surface area (TPSA) is 30.5 Å². The maximum atomic E-state index is 13.4. The van der Waals surface area contributed by atoms with E-state index in [4.69, 9.17) is 9.47 Å². The summed E-state index contributed by atoms with van der Waals surface area (Å²) in [5.41, 5.74) is 0.791. The molecule has 1 N–H and O–H groups in total. The van der Waals surface area contributed by atoms with Gasteiger partial charge in [0, 0.05) is 30.5 Å². The predicted octanol–water partition coefficient (Wildman–Crippen LogP) is 2.81. The Morgan fingerprint density at radius 2 is 2.37 bits per heavy atom. The molecule has 2 aliphatic heterocycles. The zero-order valence-corrected chi connectivity index (χ0v) is 11.2. The first-order chi connectivity index (χ1) is 9.22. The largest absolute Gasteiger partial charge is 0.484 e. The second-order valence-corrected chi connectivity index (χ2v) is 5.48. The van der Waals surface area contributed by atoms with Gasteiger partial charge in [0.25, 0.3) is 0 Å². The molecule has 2 atom stereocenters. The number of rotatable bonds is 3. The van der Waals surface area contributed by atoms with Gasteiger partial charge in [0.1, 0.15) is 17.2 Å². The van der Waals surface area contributed by atoms with E-state index in [1.54, 1.807) is 0 Å². The number of ether oxygens (including phenoxy) is 2. The van der Waals surface area contributed by atoms with Gasteiger partial charge in [-0.2, -0.15) is 0 Å². The second kappa shape index (κ2) is 5.10. The van der Waals surface area contributed by atoms with Crippen molar-refractivity contribution in [1.82, 2.24) is 5.32 Å². The van der Waals surface area contributed by atoms with Gasteiger partial charge < -0.3 is 14.8 Å². The van der Waals surface area contributed by atoms with Crippen molar-refractivity contribution in [3.8, 4) is 5.75 Å². The monoisotopic (exact) mass is 265 g/mol. The van der Waals surface area contributed by atoms with E-state index in [2.05, 4.69) is 12.2 Å². The molecule has 3 nitrogen and oxygen atoms in total. The molecule has 0 aromatic heterocycles. The first-order valence-corrected chi connectivity index (χ1v) is 7.02. The van der Waals surface area contributed by atoms with Crippen LogP contribution in [0.1, 0.15) is 37.8 Å². The fourth-order valence-corrected chi connectivity index (χ4v) is 2.97. The van der Waals surface area contributed by atoms with Gasteiger partial charge in [0.15, 0.2) is 0 Å². The molecule has 0 amide bonds. The molecular formula is C15H20FNO2. The summed E-state index contributed by atoms with van der Waals surface area (Å²) in [5, 5.41) is 3.54. The molecule has 0 saturated carbocycles. The van der Waals surface area contributed by atoms with E-state index < -0.39 is 0 Å². The molecule has 1 spiro atoms. The third-order valence-electron chi connectivity index (χ3n) is 3.96. The van der Waals surface area contributed by atoms with Crippen LogP contribution < -0.4 is 10.1 Å². The molecule has 0 bridgehead atoms. The van der Waals surface area contributed by atoms with E-state index in [0.717, 1.165) is 38.0 Å². The first kappa shape index (κ1) is 12.9. The van der Waals surface area contributed by atoms with Crippen LogP contribution in [0.3, 0.4) is 0 Å². The molecule has 0 aliphatic carbocycles. The molecule has 104 valence electrons. The summed E-state index contributed by atoms with van der Waals surface area (Å²) in [6.45, 7) is 4.43. The van der Waals surface area contributed by atoms with Crippen molar-refractivity contribution in [2.24, 2.45) is 0 Å². The number of hydrogen-bond acceptors (Lipinski definition) is 3. The van der Waals surface area contributed by atoms with E-state index in [9.17, 15) is 4.39 Å². The molecule has 4 heteroatoms. The number of fused-ring (bicyclic) bond motifs is 1. The Balaban J connectivity index is 1.91. The van der Waals surface area contributed by atoms with Gasteiger partial charge in [-0.05, 0) is 19.0 Å². The third kappa shape index (κ3) is 2.47. The van der Waals surface area contributed by atoms with Crippen LogP contribution in [0.5, 0.6) is 5.75 Å². The summed E-state index contributed by atoms with van der Waals surface area (Å²) in [5.74, 6) is 0.425. The van der Waals surface area contributed by atoms with Crippen LogP contribution in [0.2, 0.25) is 0 Å². The van der Waals surface area contributed by atoms with E-state index in [-0.39, 0.29) is 17.5 Å². The minimum absolute atomic E-state index is 0.228. The van der Waals surface area contributed by atoms with Gasteiger partial charge in [0.05, 0.1) is 13.2 Å². The normalized spacial score (nSPS) is 29.3. The minimum atomic E-state index is -0.272. The quantitative estimate of drug-likeness (QED) is 0.911. The van der Waals surface area contributed by atoms with Gasteiger partial charge in [0.2, 0.25) is 0 Å². The van der Waals surface area contributed by atoms with Gasteiger partial charge in [-0.1, -0.05) is 13.0 Å². The lowest BCUT2D eigenvalue weighted by molar-refractivity contribution is 0.0186. The second-order valence-electron chi connectivity index (χ2n) is 5.48. The van der Waals surface area contributed by atoms with Gasteiger partial charge in [-0.25, -0.2) is 4.39 Å². The number of hydrogen-bond donors (Lipinski definition) is 1. The molecule has 2 unspecified atom stereocenters. The van der Waals surface area contributed by atoms with Crippen LogP contribution >= 0.6 is 0 Å². The Hall–Kier alpha value is -1.13. The highest BCUT2D eigenvalue weighted by molar-refractivity contribution is 5.39. The van der Waals surface area contributed by atoms with Crippen LogP contribution in [0.4, 0.5) is 4.39 Å². The van der Waals surface area contributed by atoms with E-state index in [1.165, 1.54) is 12.1 Å². The van der Waals surface area contributed by atoms with E-state index in [1.807, 2.05) is 6.07 Å². The van der Waals surface area contributed by atoms with Crippen molar-refractivity contribution in [2.45, 2.75) is 37.8 Å². The van der Waals surface area contributed by atoms with Crippen molar-refractivity contribution in [3.05, 3.63) is 29.6 Å². The fourth-order valence-electron chi connectivity index (χ4n) is 2.97. The Labute approximate surface area is 113 Å².